The van der Waals surface area contributed by atoms with Gasteiger partial charge in [-0.1, -0.05) is 4.98 Å². The fraction of sp³-hybridized carbons (Fsp3) is 0.583. The molecule has 31 heteroatoms. The van der Waals surface area contributed by atoms with Crippen molar-refractivity contribution in [2.45, 2.75) is 36.9 Å². The topological polar surface area (TPSA) is 399 Å². The molecule has 0 amide bonds. The number of β-amino-alcohol motifs (C(OH)–C–C–N with tert-alkyl or cyclic N) is 1. The maximum atomic E-state index is 12.6. The molecule has 2 fully saturated rings. The standard InChI is InChI=1S/C24H36N11O17P3/c1-32-10-35(19-15(32)21(39)31-24(26)29-19)13-6-33(3-4-36)5-11(49-13)7-47-53(40,41)51-55(44,45)52-54(42,43)48-8-12-16(37)17(46-2)22(50-12)34-9-27-14-18(34)28-23(25)30-20(14)38/h9-13,16-17,22,36-37H,3-8H2,1-2H3,(H8-,25,26,28,29,30,31,38,39,40,41,42,43,44,45)/p-2/t11?,12-,13?,16-,17-,22-/m1/s1. The SMILES string of the molecule is CO[C@@H]1[C@H](O)[C@@H](COP(=O)([O-])OP(=O)([O-])OP(=O)([O-])OCC2CN(CCO)CC([n+]3cn(C)c4c(=O)[nH]c(N)nc43)O2)O[C@H]1n1cnc2c(=O)[nH]c(N)nc21. The van der Waals surface area contributed by atoms with Gasteiger partial charge in [-0.15, -0.1) is 0 Å². The van der Waals surface area contributed by atoms with Gasteiger partial charge in [-0.25, -0.2) is 18.2 Å². The molecule has 8 N–H and O–H groups in total. The Labute approximate surface area is 306 Å². The summed E-state index contributed by atoms with van der Waals surface area (Å²) in [5.41, 5.74) is 10.1. The molecule has 304 valence electrons. The second-order valence-corrected chi connectivity index (χ2v) is 16.6. The average molecular weight is 842 g/mol. The molecule has 0 bridgehead atoms. The van der Waals surface area contributed by atoms with E-state index in [1.807, 2.05) is 0 Å². The monoisotopic (exact) mass is 841 g/mol. The van der Waals surface area contributed by atoms with Crippen LogP contribution in [0.3, 0.4) is 0 Å². The summed E-state index contributed by atoms with van der Waals surface area (Å²) >= 11 is 0. The van der Waals surface area contributed by atoms with Gasteiger partial charge in [0.25, 0.3) is 40.5 Å². The summed E-state index contributed by atoms with van der Waals surface area (Å²) in [7, 11) is -15.4. The lowest BCUT2D eigenvalue weighted by atomic mass is 10.1. The van der Waals surface area contributed by atoms with Gasteiger partial charge < -0.3 is 59.6 Å². The predicted octanol–water partition coefficient (Wildman–Crippen LogP) is -5.22. The average Bonchev–Trinajstić information content (AvgIpc) is 3.74. The molecular weight excluding hydrogens is 807 g/mol. The number of methoxy groups -OCH3 is 1. The number of aromatic amines is 2. The van der Waals surface area contributed by atoms with E-state index in [2.05, 4.69) is 38.1 Å². The van der Waals surface area contributed by atoms with Crippen molar-refractivity contribution in [3.63, 3.8) is 0 Å². The third-order valence-corrected chi connectivity index (χ3v) is 12.4. The zero-order valence-electron chi connectivity index (χ0n) is 28.5. The molecule has 28 nitrogen and oxygen atoms in total. The molecule has 2 saturated heterocycles. The molecule has 9 atom stereocenters. The summed E-state index contributed by atoms with van der Waals surface area (Å²) in [5, 5.41) is 20.3. The Kier molecular flexibility index (Phi) is 11.8. The molecule has 4 aromatic rings. The van der Waals surface area contributed by atoms with Crippen molar-refractivity contribution in [2.24, 2.45) is 7.05 Å². The quantitative estimate of drug-likeness (QED) is 0.0481. The lowest BCUT2D eigenvalue weighted by molar-refractivity contribution is -0.747. The molecule has 6 heterocycles. The van der Waals surface area contributed by atoms with Gasteiger partial charge in [-0.05, 0) is 0 Å². The molecule has 0 radical (unpaired) electrons. The lowest BCUT2D eigenvalue weighted by Gasteiger charge is -2.38. The van der Waals surface area contributed by atoms with Gasteiger partial charge in [-0.2, -0.15) is 4.98 Å². The van der Waals surface area contributed by atoms with Crippen LogP contribution in [0.1, 0.15) is 12.5 Å². The zero-order valence-corrected chi connectivity index (χ0v) is 31.2. The summed E-state index contributed by atoms with van der Waals surface area (Å²) in [6, 6.07) is 0. The van der Waals surface area contributed by atoms with E-state index in [1.54, 1.807) is 11.9 Å². The van der Waals surface area contributed by atoms with E-state index in [1.165, 1.54) is 27.1 Å². The smallest absolute Gasteiger partial charge is 0.313 e. The summed E-state index contributed by atoms with van der Waals surface area (Å²) in [6.07, 6.45) is -5.16. The molecule has 6 rings (SSSR count). The predicted molar refractivity (Wildman–Crippen MR) is 174 cm³/mol. The Hall–Kier alpha value is -3.53. The molecule has 0 aliphatic carbocycles. The van der Waals surface area contributed by atoms with E-state index in [4.69, 9.17) is 30.2 Å². The van der Waals surface area contributed by atoms with Crippen molar-refractivity contribution in [3.8, 4) is 0 Å². The number of ether oxygens (including phenoxy) is 3. The van der Waals surface area contributed by atoms with E-state index in [-0.39, 0.29) is 60.5 Å². The number of imidazole rings is 2. The molecule has 5 unspecified atom stereocenters. The second-order valence-electron chi connectivity index (χ2n) is 12.1. The van der Waals surface area contributed by atoms with Crippen LogP contribution in [-0.4, -0.2) is 120 Å². The number of fused-ring (bicyclic) bond motifs is 2. The van der Waals surface area contributed by atoms with Crippen LogP contribution in [0.15, 0.2) is 22.2 Å². The van der Waals surface area contributed by atoms with E-state index in [0.717, 1.165) is 6.33 Å². The zero-order chi connectivity index (χ0) is 40.0. The molecule has 2 aliphatic rings. The molecule has 55 heavy (non-hydrogen) atoms. The van der Waals surface area contributed by atoms with Gasteiger partial charge in [0.2, 0.25) is 11.5 Å². The number of anilines is 2. The number of aryl methyl sites for hydroxylation is 1. The summed E-state index contributed by atoms with van der Waals surface area (Å²) in [5.74, 6) is -0.461. The van der Waals surface area contributed by atoms with Crippen LogP contribution in [0.5, 0.6) is 0 Å². The second kappa shape index (κ2) is 15.8. The van der Waals surface area contributed by atoms with Crippen molar-refractivity contribution in [3.05, 3.63) is 33.4 Å². The number of aromatic nitrogens is 8. The van der Waals surface area contributed by atoms with Gasteiger partial charge in [0.05, 0.1) is 45.8 Å². The highest BCUT2D eigenvalue weighted by atomic mass is 31.3. The minimum absolute atomic E-state index is 0.0343. The van der Waals surface area contributed by atoms with Crippen LogP contribution in [0.2, 0.25) is 0 Å². The number of rotatable bonds is 15. The van der Waals surface area contributed by atoms with E-state index in [0.29, 0.717) is 0 Å². The van der Waals surface area contributed by atoms with Gasteiger partial charge in [0.15, 0.2) is 29.9 Å². The fourth-order valence-corrected chi connectivity index (χ4v) is 9.45. The maximum absolute atomic E-state index is 12.6. The number of nitrogen functional groups attached to an aromatic ring is 2. The van der Waals surface area contributed by atoms with E-state index >= 15 is 0 Å². The first-order chi connectivity index (χ1) is 25.8. The number of nitrogens with two attached hydrogens (primary N) is 2. The minimum atomic E-state index is -6.29. The number of phosphoric acid groups is 3. The number of aliphatic hydroxyl groups is 2. The van der Waals surface area contributed by atoms with Crippen LogP contribution >= 0.6 is 23.5 Å². The van der Waals surface area contributed by atoms with Gasteiger partial charge in [0.1, 0.15) is 18.3 Å². The van der Waals surface area contributed by atoms with Crippen molar-refractivity contribution in [1.29, 1.82) is 0 Å². The van der Waals surface area contributed by atoms with E-state index in [9.17, 15) is 48.2 Å². The number of nitrogens with zero attached hydrogens (tertiary/aromatic N) is 7. The first-order valence-corrected chi connectivity index (χ1v) is 20.2. The number of nitrogens with one attached hydrogen (secondary N) is 2. The lowest BCUT2D eigenvalue weighted by Crippen LogP contribution is -2.56. The van der Waals surface area contributed by atoms with Crippen LogP contribution in [0, 0.1) is 0 Å². The summed E-state index contributed by atoms with van der Waals surface area (Å²) in [6.45, 7) is -2.08. The van der Waals surface area contributed by atoms with Crippen molar-refractivity contribution in [2.75, 3.05) is 58.0 Å². The molecule has 2 aliphatic heterocycles. The molecule has 0 saturated carbocycles. The van der Waals surface area contributed by atoms with Gasteiger partial charge >= 0.3 is 5.65 Å². The molecule has 4 aromatic heterocycles. The first-order valence-electron chi connectivity index (χ1n) is 15.8. The Morgan fingerprint density at radius 3 is 2.33 bits per heavy atom. The highest BCUT2D eigenvalue weighted by Crippen LogP contribution is 2.63. The number of H-pyrrole nitrogens is 2. The third-order valence-electron chi connectivity index (χ3n) is 8.27. The van der Waals surface area contributed by atoms with Gasteiger partial charge in [0, 0.05) is 20.2 Å². The largest absolute Gasteiger partial charge is 0.756 e. The molecule has 0 aromatic carbocycles. The highest BCUT2D eigenvalue weighted by molar-refractivity contribution is 7.65. The Bertz CT molecular complexity index is 2320. The first kappa shape index (κ1) is 41.1. The maximum Gasteiger partial charge on any atom is 0.313 e. The Morgan fingerprint density at radius 2 is 1.65 bits per heavy atom. The number of hydrogen-bond donors (Lipinski definition) is 6. The third kappa shape index (κ3) is 9.05. The number of phosphoric ester groups is 2. The van der Waals surface area contributed by atoms with Crippen LogP contribution in [0.4, 0.5) is 11.9 Å². The van der Waals surface area contributed by atoms with Crippen molar-refractivity contribution < 1.29 is 75.0 Å². The summed E-state index contributed by atoms with van der Waals surface area (Å²) in [4.78, 5) is 80.4. The van der Waals surface area contributed by atoms with Crippen LogP contribution in [-0.2, 0) is 52.6 Å². The number of morpholine rings is 1. The van der Waals surface area contributed by atoms with Crippen molar-refractivity contribution >= 4 is 57.7 Å². The molecular formula is C24H34N11O17P3-2. The van der Waals surface area contributed by atoms with Crippen LogP contribution in [0.25, 0.3) is 22.3 Å². The van der Waals surface area contributed by atoms with Crippen LogP contribution < -0.4 is 41.8 Å². The normalized spacial score (nSPS) is 27.0. The summed E-state index contributed by atoms with van der Waals surface area (Å²) < 4.78 is 75.5. The van der Waals surface area contributed by atoms with Crippen molar-refractivity contribution in [1.82, 2.24) is 39.0 Å². The minimum Gasteiger partial charge on any atom is -0.756 e. The highest BCUT2D eigenvalue weighted by Gasteiger charge is 2.46. The number of hydrogen-bond acceptors (Lipinski definition) is 23. The Morgan fingerprint density at radius 1 is 1.00 bits per heavy atom. The van der Waals surface area contributed by atoms with E-state index < -0.39 is 84.7 Å². The Balaban J connectivity index is 1.07. The fourth-order valence-electron chi connectivity index (χ4n) is 6.05. The van der Waals surface area contributed by atoms with Gasteiger partial charge in [-0.3, -0.25) is 47.3 Å². The molecule has 0 spiro atoms. The number of aliphatic hydroxyl groups excluding tert-OH is 2.